The summed E-state index contributed by atoms with van der Waals surface area (Å²) in [4.78, 5) is 70.1. The van der Waals surface area contributed by atoms with Gasteiger partial charge in [0, 0.05) is 124 Å². The van der Waals surface area contributed by atoms with Crippen LogP contribution in [0.15, 0.2) is 20.5 Å². The van der Waals surface area contributed by atoms with Gasteiger partial charge in [0.2, 0.25) is 23.6 Å². The number of rotatable bonds is 24. The fraction of sp³-hybridized carbons (Fsp3) is 0.857. The van der Waals surface area contributed by atoms with Crippen LogP contribution in [0.25, 0.3) is 41.8 Å². The lowest BCUT2D eigenvalue weighted by atomic mass is 10.3. The van der Waals surface area contributed by atoms with E-state index in [1.165, 1.54) is 0 Å². The Kier molecular flexibility index (Phi) is 26.6. The number of nitrogens with one attached hydrogen (secondary N) is 4. The van der Waals surface area contributed by atoms with Crippen LogP contribution in [0, 0.1) is 0 Å². The molecule has 0 spiro atoms. The molecule has 24 heteroatoms. The molecule has 288 valence electrons. The highest BCUT2D eigenvalue weighted by Gasteiger charge is 2.21. The molecule has 1 aliphatic rings. The van der Waals surface area contributed by atoms with Crippen molar-refractivity contribution in [3.05, 3.63) is 41.8 Å². The van der Waals surface area contributed by atoms with E-state index in [2.05, 4.69) is 61.4 Å². The fourth-order valence-electron chi connectivity index (χ4n) is 4.94. The van der Waals surface area contributed by atoms with Crippen molar-refractivity contribution in [3.8, 4) is 0 Å². The highest BCUT2D eigenvalue weighted by atomic mass is 16.2. The third-order valence-corrected chi connectivity index (χ3v) is 7.68. The number of carbonyl (C=O) groups excluding carboxylic acids is 4. The van der Waals surface area contributed by atoms with E-state index in [9.17, 15) is 19.2 Å². The van der Waals surface area contributed by atoms with Crippen LogP contribution in [0.1, 0.15) is 25.7 Å². The smallest absolute Gasteiger partial charge is 0.234 e. The largest absolute Gasteiger partial charge is 0.355 e. The van der Waals surface area contributed by atoms with Gasteiger partial charge in [-0.15, -0.1) is 0 Å². The summed E-state index contributed by atoms with van der Waals surface area (Å²) in [6.07, 6.45) is 1.99. The van der Waals surface area contributed by atoms with Gasteiger partial charge in [0.15, 0.2) is 0 Å². The van der Waals surface area contributed by atoms with Gasteiger partial charge in [0.05, 0.1) is 26.2 Å². The number of hydrogen-bond donors (Lipinski definition) is 4. The Morgan fingerprint density at radius 2 is 0.596 bits per heavy atom. The molecular weight excluding hydrogens is 680 g/mol. The highest BCUT2D eigenvalue weighted by molar-refractivity contribution is 5.79. The summed E-state index contributed by atoms with van der Waals surface area (Å²) in [5.41, 5.74) is 33.9. The molecule has 1 saturated heterocycles. The van der Waals surface area contributed by atoms with E-state index >= 15 is 0 Å². The zero-order valence-electron chi connectivity index (χ0n) is 29.8. The lowest BCUT2D eigenvalue weighted by Gasteiger charge is -2.33. The highest BCUT2D eigenvalue weighted by Crippen LogP contribution is 2.02. The van der Waals surface area contributed by atoms with Crippen LogP contribution < -0.4 is 21.3 Å². The van der Waals surface area contributed by atoms with Crippen molar-refractivity contribution in [2.24, 2.45) is 20.5 Å². The summed E-state index contributed by atoms with van der Waals surface area (Å²) in [7, 11) is 0. The van der Waals surface area contributed by atoms with Crippen molar-refractivity contribution in [2.75, 3.05) is 131 Å². The standard InChI is InChI=1S/C28H52N20O4/c29-41-37-9-1-5-33-25(49)21-45-13-15-46(22-26(50)34-6-2-10-38-42-30)17-19-48(24-28(52)36-8-4-12-40-44-32)20-18-47(16-14-45)23-27(51)35-7-3-11-39-43-31/h1-24H2,(H,33,49)(H,34,50)(H,35,51)(H,36,52). The van der Waals surface area contributed by atoms with Crippen molar-refractivity contribution in [1.29, 1.82) is 0 Å². The first-order valence-corrected chi connectivity index (χ1v) is 17.3. The van der Waals surface area contributed by atoms with Gasteiger partial charge < -0.3 is 21.3 Å². The average molecular weight is 733 g/mol. The molecule has 1 rings (SSSR count). The second-order valence-electron chi connectivity index (χ2n) is 11.7. The molecule has 0 aromatic carbocycles. The molecule has 1 aliphatic heterocycles. The van der Waals surface area contributed by atoms with Crippen LogP contribution in [0.2, 0.25) is 0 Å². The summed E-state index contributed by atoms with van der Waals surface area (Å²) in [5.74, 6) is -0.840. The first-order valence-electron chi connectivity index (χ1n) is 17.3. The maximum Gasteiger partial charge on any atom is 0.234 e. The summed E-state index contributed by atoms with van der Waals surface area (Å²) >= 11 is 0. The molecule has 0 atom stereocenters. The van der Waals surface area contributed by atoms with Crippen LogP contribution in [-0.2, 0) is 19.2 Å². The van der Waals surface area contributed by atoms with E-state index in [1.807, 2.05) is 19.6 Å². The Hall–Kier alpha value is -5.04. The minimum atomic E-state index is -0.210. The summed E-state index contributed by atoms with van der Waals surface area (Å²) in [5, 5.41) is 25.3. The lowest BCUT2D eigenvalue weighted by Crippen LogP contribution is -2.51. The van der Waals surface area contributed by atoms with Gasteiger partial charge in [-0.25, -0.2) is 0 Å². The first-order chi connectivity index (χ1) is 25.3. The average Bonchev–Trinajstić information content (AvgIpc) is 3.12. The van der Waals surface area contributed by atoms with Crippen molar-refractivity contribution in [3.63, 3.8) is 0 Å². The molecular formula is C28H52N20O4. The second-order valence-corrected chi connectivity index (χ2v) is 11.7. The molecule has 0 bridgehead atoms. The van der Waals surface area contributed by atoms with E-state index in [0.717, 1.165) is 0 Å². The van der Waals surface area contributed by atoms with Crippen LogP contribution >= 0.6 is 0 Å². The SMILES string of the molecule is [N-]=[N+]=NCCCNC(=O)CN1CCN(CC(=O)NCCCN=[N+]=[N-])CCN(CC(=O)NCCCN=[N+]=[N-])CCN(CC(=O)NCCCN=[N+]=[N-])CC1. The minimum Gasteiger partial charge on any atom is -0.355 e. The van der Waals surface area contributed by atoms with E-state index in [4.69, 9.17) is 22.1 Å². The lowest BCUT2D eigenvalue weighted by molar-refractivity contribution is -0.125. The number of azide groups is 4. The zero-order chi connectivity index (χ0) is 38.1. The van der Waals surface area contributed by atoms with Gasteiger partial charge in [-0.3, -0.25) is 38.8 Å². The van der Waals surface area contributed by atoms with Crippen molar-refractivity contribution < 1.29 is 19.2 Å². The Morgan fingerprint density at radius 3 is 0.769 bits per heavy atom. The minimum absolute atomic E-state index is 0.0758. The van der Waals surface area contributed by atoms with E-state index in [1.54, 1.807) is 0 Å². The molecule has 4 N–H and O–H groups in total. The maximum atomic E-state index is 12.9. The fourth-order valence-corrected chi connectivity index (χ4v) is 4.94. The number of hydrogen-bond acceptors (Lipinski definition) is 12. The van der Waals surface area contributed by atoms with Gasteiger partial charge >= 0.3 is 0 Å². The molecule has 0 aromatic heterocycles. The van der Waals surface area contributed by atoms with Gasteiger partial charge in [0.25, 0.3) is 0 Å². The van der Waals surface area contributed by atoms with Crippen molar-refractivity contribution >= 4 is 23.6 Å². The molecule has 0 radical (unpaired) electrons. The molecule has 0 unspecified atom stereocenters. The third-order valence-electron chi connectivity index (χ3n) is 7.68. The quantitative estimate of drug-likeness (QED) is 0.0467. The van der Waals surface area contributed by atoms with Gasteiger partial charge in [-0.2, -0.15) is 0 Å². The van der Waals surface area contributed by atoms with Gasteiger partial charge in [-0.05, 0) is 47.8 Å². The predicted molar refractivity (Wildman–Crippen MR) is 192 cm³/mol. The van der Waals surface area contributed by atoms with Crippen LogP contribution in [-0.4, -0.2) is 174 Å². The maximum absolute atomic E-state index is 12.9. The summed E-state index contributed by atoms with van der Waals surface area (Å²) in [6.45, 7) is 6.21. The monoisotopic (exact) mass is 732 g/mol. The Morgan fingerprint density at radius 1 is 0.404 bits per heavy atom. The van der Waals surface area contributed by atoms with Crippen molar-refractivity contribution in [1.82, 2.24) is 40.9 Å². The normalized spacial score (nSPS) is 14.8. The van der Waals surface area contributed by atoms with Crippen LogP contribution in [0.3, 0.4) is 0 Å². The molecule has 0 aliphatic carbocycles. The summed E-state index contributed by atoms with van der Waals surface area (Å²) in [6, 6.07) is 0. The predicted octanol–water partition coefficient (Wildman–Crippen LogP) is 0.474. The van der Waals surface area contributed by atoms with Gasteiger partial charge in [-0.1, -0.05) is 20.5 Å². The molecule has 52 heavy (non-hydrogen) atoms. The van der Waals surface area contributed by atoms with E-state index in [0.29, 0.717) is 104 Å². The molecule has 24 nitrogen and oxygen atoms in total. The second kappa shape index (κ2) is 30.8. The molecule has 0 aromatic rings. The van der Waals surface area contributed by atoms with Crippen LogP contribution in [0.4, 0.5) is 0 Å². The summed E-state index contributed by atoms with van der Waals surface area (Å²) < 4.78 is 0. The van der Waals surface area contributed by atoms with E-state index in [-0.39, 0.29) is 76.0 Å². The topological polar surface area (TPSA) is 324 Å². The number of amides is 4. The van der Waals surface area contributed by atoms with Gasteiger partial charge in [0.1, 0.15) is 0 Å². The van der Waals surface area contributed by atoms with E-state index < -0.39 is 0 Å². The number of carbonyl (C=O) groups is 4. The molecule has 4 amide bonds. The Bertz CT molecular complexity index is 1070. The third kappa shape index (κ3) is 25.0. The van der Waals surface area contributed by atoms with Crippen molar-refractivity contribution in [2.45, 2.75) is 25.7 Å². The molecule has 1 heterocycles. The molecule has 1 fully saturated rings. The van der Waals surface area contributed by atoms with Crippen LogP contribution in [0.5, 0.6) is 0 Å². The number of nitrogens with zero attached hydrogens (tertiary/aromatic N) is 16. The molecule has 0 saturated carbocycles. The first kappa shape index (κ1) is 45.0. The Labute approximate surface area is 302 Å². The Balaban J connectivity index is 3.09. The zero-order valence-corrected chi connectivity index (χ0v) is 29.8.